The van der Waals surface area contributed by atoms with Crippen molar-refractivity contribution < 1.29 is 0 Å². The molecule has 0 radical (unpaired) electrons. The number of hydrogen-bond donors (Lipinski definition) is 2. The Bertz CT molecular complexity index is 875. The van der Waals surface area contributed by atoms with Crippen LogP contribution in [0.3, 0.4) is 0 Å². The molecule has 3 rings (SSSR count). The van der Waals surface area contributed by atoms with Crippen molar-refractivity contribution >= 4 is 29.1 Å². The van der Waals surface area contributed by atoms with Crippen LogP contribution in [0.1, 0.15) is 22.4 Å². The molecule has 0 aliphatic heterocycles. The number of nitrogens with one attached hydrogen (secondary N) is 2. The highest BCUT2D eigenvalue weighted by molar-refractivity contribution is 6.30. The molecule has 2 aromatic carbocycles. The Morgan fingerprint density at radius 2 is 1.68 bits per heavy atom. The van der Waals surface area contributed by atoms with Gasteiger partial charge < -0.3 is 10.6 Å². The summed E-state index contributed by atoms with van der Waals surface area (Å²) < 4.78 is 0. The maximum atomic E-state index is 5.92. The fourth-order valence-corrected chi connectivity index (χ4v) is 2.71. The van der Waals surface area contributed by atoms with Crippen LogP contribution in [-0.4, -0.2) is 9.97 Å². The van der Waals surface area contributed by atoms with Crippen LogP contribution >= 0.6 is 11.6 Å². The molecule has 0 saturated carbocycles. The van der Waals surface area contributed by atoms with E-state index in [1.54, 1.807) is 0 Å². The molecule has 128 valence electrons. The number of halogens is 1. The number of benzene rings is 2. The number of aryl methyl sites for hydroxylation is 3. The number of nitrogens with zero attached hydrogens (tertiary/aromatic N) is 2. The summed E-state index contributed by atoms with van der Waals surface area (Å²) in [6.07, 6.45) is 0. The summed E-state index contributed by atoms with van der Waals surface area (Å²) in [6.45, 7) is 6.78. The van der Waals surface area contributed by atoms with Gasteiger partial charge in [0.25, 0.3) is 0 Å². The second-order valence-electron chi connectivity index (χ2n) is 6.14. The third kappa shape index (κ3) is 4.70. The first-order chi connectivity index (χ1) is 12.0. The van der Waals surface area contributed by atoms with Crippen LogP contribution < -0.4 is 10.6 Å². The second-order valence-corrected chi connectivity index (χ2v) is 6.58. The van der Waals surface area contributed by atoms with Gasteiger partial charge in [-0.25, -0.2) is 4.98 Å². The molecule has 0 amide bonds. The maximum absolute atomic E-state index is 5.92. The molecule has 1 heterocycles. The van der Waals surface area contributed by atoms with Gasteiger partial charge >= 0.3 is 0 Å². The van der Waals surface area contributed by atoms with Gasteiger partial charge in [0.15, 0.2) is 0 Å². The van der Waals surface area contributed by atoms with Crippen molar-refractivity contribution in [2.75, 3.05) is 10.6 Å². The molecule has 2 N–H and O–H groups in total. The van der Waals surface area contributed by atoms with Gasteiger partial charge in [0.2, 0.25) is 5.95 Å². The first-order valence-corrected chi connectivity index (χ1v) is 8.56. The minimum absolute atomic E-state index is 0.599. The van der Waals surface area contributed by atoms with Crippen LogP contribution in [0.15, 0.2) is 48.5 Å². The highest BCUT2D eigenvalue weighted by Gasteiger charge is 2.05. The first-order valence-electron chi connectivity index (χ1n) is 8.18. The van der Waals surface area contributed by atoms with Crippen molar-refractivity contribution in [3.05, 3.63) is 75.9 Å². The van der Waals surface area contributed by atoms with Gasteiger partial charge in [0, 0.05) is 29.0 Å². The van der Waals surface area contributed by atoms with Gasteiger partial charge in [0.1, 0.15) is 5.82 Å². The molecular formula is C20H21ClN4. The van der Waals surface area contributed by atoms with E-state index in [1.807, 2.05) is 37.3 Å². The van der Waals surface area contributed by atoms with E-state index in [0.717, 1.165) is 27.8 Å². The van der Waals surface area contributed by atoms with Gasteiger partial charge in [-0.2, -0.15) is 4.98 Å². The number of aromatic nitrogens is 2. The van der Waals surface area contributed by atoms with Gasteiger partial charge in [-0.15, -0.1) is 0 Å². The third-order valence-corrected chi connectivity index (χ3v) is 4.11. The average molecular weight is 353 g/mol. The molecule has 5 heteroatoms. The minimum Gasteiger partial charge on any atom is -0.350 e. The smallest absolute Gasteiger partial charge is 0.225 e. The zero-order chi connectivity index (χ0) is 17.8. The lowest BCUT2D eigenvalue weighted by Gasteiger charge is -2.12. The van der Waals surface area contributed by atoms with Crippen molar-refractivity contribution in [3.8, 4) is 0 Å². The zero-order valence-corrected chi connectivity index (χ0v) is 15.4. The van der Waals surface area contributed by atoms with Crippen LogP contribution in [0.25, 0.3) is 0 Å². The SMILES string of the molecule is Cc1ccc(Nc2cc(C)nc(NCc3ccc(Cl)cc3)n2)c(C)c1. The van der Waals surface area contributed by atoms with Gasteiger partial charge in [-0.05, 0) is 50.1 Å². The van der Waals surface area contributed by atoms with E-state index >= 15 is 0 Å². The minimum atomic E-state index is 0.599. The highest BCUT2D eigenvalue weighted by atomic mass is 35.5. The van der Waals surface area contributed by atoms with Crippen LogP contribution in [-0.2, 0) is 6.54 Å². The standard InChI is InChI=1S/C20H21ClN4/c1-13-4-9-18(14(2)10-13)24-19-11-15(3)23-20(25-19)22-12-16-5-7-17(21)8-6-16/h4-11H,12H2,1-3H3,(H2,22,23,24,25). The van der Waals surface area contributed by atoms with E-state index in [4.69, 9.17) is 11.6 Å². The molecule has 0 bridgehead atoms. The molecule has 0 unspecified atom stereocenters. The third-order valence-electron chi connectivity index (χ3n) is 3.86. The molecule has 25 heavy (non-hydrogen) atoms. The summed E-state index contributed by atoms with van der Waals surface area (Å²) in [5.74, 6) is 1.38. The van der Waals surface area contributed by atoms with E-state index in [2.05, 4.69) is 52.6 Å². The van der Waals surface area contributed by atoms with Crippen LogP contribution in [0, 0.1) is 20.8 Å². The Balaban J connectivity index is 1.74. The van der Waals surface area contributed by atoms with Crippen LogP contribution in [0.5, 0.6) is 0 Å². The van der Waals surface area contributed by atoms with E-state index in [1.165, 1.54) is 11.1 Å². The van der Waals surface area contributed by atoms with Crippen molar-refractivity contribution in [1.29, 1.82) is 0 Å². The molecule has 4 nitrogen and oxygen atoms in total. The Morgan fingerprint density at radius 1 is 0.920 bits per heavy atom. The normalized spacial score (nSPS) is 10.6. The fraction of sp³-hybridized carbons (Fsp3) is 0.200. The Labute approximate surface area is 153 Å². The average Bonchev–Trinajstić information content (AvgIpc) is 2.56. The molecule has 0 atom stereocenters. The van der Waals surface area contributed by atoms with Crippen LogP contribution in [0.2, 0.25) is 5.02 Å². The predicted octanol–water partition coefficient (Wildman–Crippen LogP) is 5.41. The van der Waals surface area contributed by atoms with Gasteiger partial charge in [-0.3, -0.25) is 0 Å². The van der Waals surface area contributed by atoms with E-state index in [-0.39, 0.29) is 0 Å². The molecule has 0 spiro atoms. The zero-order valence-electron chi connectivity index (χ0n) is 14.6. The number of rotatable bonds is 5. The monoisotopic (exact) mass is 352 g/mol. The number of hydrogen-bond acceptors (Lipinski definition) is 4. The fourth-order valence-electron chi connectivity index (χ4n) is 2.59. The van der Waals surface area contributed by atoms with Crippen molar-refractivity contribution in [2.24, 2.45) is 0 Å². The molecule has 0 aliphatic rings. The first kappa shape index (κ1) is 17.2. The number of anilines is 3. The van der Waals surface area contributed by atoms with Crippen LogP contribution in [0.4, 0.5) is 17.5 Å². The highest BCUT2D eigenvalue weighted by Crippen LogP contribution is 2.21. The van der Waals surface area contributed by atoms with Crippen molar-refractivity contribution in [2.45, 2.75) is 27.3 Å². The summed E-state index contributed by atoms with van der Waals surface area (Å²) >= 11 is 5.92. The quantitative estimate of drug-likeness (QED) is 0.644. The Morgan fingerprint density at radius 3 is 2.40 bits per heavy atom. The van der Waals surface area contributed by atoms with Gasteiger partial charge in [0.05, 0.1) is 0 Å². The molecule has 3 aromatic rings. The van der Waals surface area contributed by atoms with Crippen molar-refractivity contribution in [1.82, 2.24) is 9.97 Å². The van der Waals surface area contributed by atoms with Crippen molar-refractivity contribution in [3.63, 3.8) is 0 Å². The molecule has 0 aliphatic carbocycles. The summed E-state index contributed by atoms with van der Waals surface area (Å²) in [6, 6.07) is 16.0. The maximum Gasteiger partial charge on any atom is 0.225 e. The lowest BCUT2D eigenvalue weighted by molar-refractivity contribution is 1.03. The summed E-state index contributed by atoms with van der Waals surface area (Å²) in [5, 5.41) is 7.38. The Kier molecular flexibility index (Phi) is 5.19. The molecule has 1 aromatic heterocycles. The summed E-state index contributed by atoms with van der Waals surface area (Å²) in [7, 11) is 0. The lowest BCUT2D eigenvalue weighted by Crippen LogP contribution is -2.06. The summed E-state index contributed by atoms with van der Waals surface area (Å²) in [5.41, 5.74) is 5.51. The lowest BCUT2D eigenvalue weighted by atomic mass is 10.1. The topological polar surface area (TPSA) is 49.8 Å². The summed E-state index contributed by atoms with van der Waals surface area (Å²) in [4.78, 5) is 9.02. The Hall–Kier alpha value is -2.59. The molecular weight excluding hydrogens is 332 g/mol. The second kappa shape index (κ2) is 7.53. The van der Waals surface area contributed by atoms with Gasteiger partial charge in [-0.1, -0.05) is 41.4 Å². The van der Waals surface area contributed by atoms with E-state index in [9.17, 15) is 0 Å². The largest absolute Gasteiger partial charge is 0.350 e. The predicted molar refractivity (Wildman–Crippen MR) is 105 cm³/mol. The van der Waals surface area contributed by atoms with E-state index < -0.39 is 0 Å². The molecule has 0 fully saturated rings. The molecule has 0 saturated heterocycles. The van der Waals surface area contributed by atoms with E-state index in [0.29, 0.717) is 12.5 Å².